The van der Waals surface area contributed by atoms with Crippen LogP contribution in [0.15, 0.2) is 18.2 Å². The van der Waals surface area contributed by atoms with Gasteiger partial charge in [-0.3, -0.25) is 9.69 Å². The highest BCUT2D eigenvalue weighted by Crippen LogP contribution is 2.32. The van der Waals surface area contributed by atoms with E-state index in [0.29, 0.717) is 0 Å². The molecule has 0 bridgehead atoms. The second kappa shape index (κ2) is 5.84. The number of carbonyl (C=O) groups is 1. The van der Waals surface area contributed by atoms with Gasteiger partial charge in [-0.25, -0.2) is 0 Å². The molecule has 0 spiro atoms. The Morgan fingerprint density at radius 1 is 1.50 bits per heavy atom. The zero-order chi connectivity index (χ0) is 13.0. The van der Waals surface area contributed by atoms with Crippen molar-refractivity contribution in [3.8, 4) is 5.75 Å². The number of nitrogens with zero attached hydrogens (tertiary/aromatic N) is 1. The highest BCUT2D eigenvalue weighted by molar-refractivity contribution is 5.97. The minimum absolute atomic E-state index is 0.0740. The molecule has 5 heteroatoms. The van der Waals surface area contributed by atoms with Crippen LogP contribution in [0.25, 0.3) is 0 Å². The van der Waals surface area contributed by atoms with Gasteiger partial charge in [-0.05, 0) is 37.7 Å². The van der Waals surface area contributed by atoms with Crippen LogP contribution in [-0.4, -0.2) is 39.9 Å². The number of amides is 1. The summed E-state index contributed by atoms with van der Waals surface area (Å²) in [6.07, 6.45) is 0.915. The maximum absolute atomic E-state index is 11.8. The van der Waals surface area contributed by atoms with Crippen LogP contribution in [0.5, 0.6) is 5.75 Å². The summed E-state index contributed by atoms with van der Waals surface area (Å²) in [5.74, 6) is 0.662. The number of nitrogens with one attached hydrogen (secondary N) is 1. The molecule has 2 rings (SSSR count). The number of carbonyl (C=O) groups excluding carboxylic acids is 1. The molecule has 1 aromatic rings. The summed E-state index contributed by atoms with van der Waals surface area (Å²) in [5, 5.41) is 3.10. The van der Waals surface area contributed by atoms with Crippen LogP contribution >= 0.6 is 0 Å². The SMILES string of the molecule is CNCCc1ccc2c(c1)N(COC)C(=O)CO2. The van der Waals surface area contributed by atoms with Gasteiger partial charge in [-0.2, -0.15) is 0 Å². The average Bonchev–Trinajstić information content (AvgIpc) is 2.39. The van der Waals surface area contributed by atoms with Crippen molar-refractivity contribution in [2.45, 2.75) is 6.42 Å². The highest BCUT2D eigenvalue weighted by atomic mass is 16.5. The van der Waals surface area contributed by atoms with Crippen molar-refractivity contribution in [1.29, 1.82) is 0 Å². The zero-order valence-corrected chi connectivity index (χ0v) is 10.7. The van der Waals surface area contributed by atoms with Crippen LogP contribution in [0, 0.1) is 0 Å². The first-order valence-electron chi connectivity index (χ1n) is 5.96. The van der Waals surface area contributed by atoms with Crippen molar-refractivity contribution < 1.29 is 14.3 Å². The van der Waals surface area contributed by atoms with Gasteiger partial charge in [0, 0.05) is 7.11 Å². The van der Waals surface area contributed by atoms with Gasteiger partial charge in [0.05, 0.1) is 5.69 Å². The Kier molecular flexibility index (Phi) is 4.17. The summed E-state index contributed by atoms with van der Waals surface area (Å²) in [4.78, 5) is 13.4. The first-order chi connectivity index (χ1) is 8.76. The third-order valence-corrected chi connectivity index (χ3v) is 2.89. The molecule has 0 aromatic heterocycles. The zero-order valence-electron chi connectivity index (χ0n) is 10.7. The van der Waals surface area contributed by atoms with Crippen LogP contribution in [-0.2, 0) is 16.0 Å². The Labute approximate surface area is 107 Å². The van der Waals surface area contributed by atoms with Gasteiger partial charge in [0.1, 0.15) is 12.5 Å². The molecule has 0 saturated heterocycles. The lowest BCUT2D eigenvalue weighted by atomic mass is 10.1. The van der Waals surface area contributed by atoms with E-state index in [1.165, 1.54) is 5.56 Å². The second-order valence-corrected chi connectivity index (χ2v) is 4.18. The molecule has 0 fully saturated rings. The topological polar surface area (TPSA) is 50.8 Å². The number of hydrogen-bond donors (Lipinski definition) is 1. The summed E-state index contributed by atoms with van der Waals surface area (Å²) in [5.41, 5.74) is 1.96. The van der Waals surface area contributed by atoms with Crippen LogP contribution in [0.2, 0.25) is 0 Å². The quantitative estimate of drug-likeness (QED) is 0.839. The molecule has 0 atom stereocenters. The van der Waals surface area contributed by atoms with Crippen molar-refractivity contribution in [3.63, 3.8) is 0 Å². The summed E-state index contributed by atoms with van der Waals surface area (Å²) >= 11 is 0. The van der Waals surface area contributed by atoms with E-state index in [-0.39, 0.29) is 19.2 Å². The van der Waals surface area contributed by atoms with Gasteiger partial charge in [-0.1, -0.05) is 6.07 Å². The smallest absolute Gasteiger partial charge is 0.266 e. The van der Waals surface area contributed by atoms with E-state index in [4.69, 9.17) is 9.47 Å². The lowest BCUT2D eigenvalue weighted by Gasteiger charge is -2.29. The number of rotatable bonds is 5. The summed E-state index contributed by atoms with van der Waals surface area (Å²) < 4.78 is 10.5. The molecule has 5 nitrogen and oxygen atoms in total. The molecule has 0 unspecified atom stereocenters. The van der Waals surface area contributed by atoms with Crippen LogP contribution < -0.4 is 15.0 Å². The van der Waals surface area contributed by atoms with E-state index in [1.54, 1.807) is 12.0 Å². The summed E-state index contributed by atoms with van der Waals surface area (Å²) in [6.45, 7) is 1.23. The number of likely N-dealkylation sites (N-methyl/N-ethyl adjacent to an activating group) is 1. The summed E-state index contributed by atoms with van der Waals surface area (Å²) in [7, 11) is 3.50. The van der Waals surface area contributed by atoms with Gasteiger partial charge in [0.15, 0.2) is 6.61 Å². The maximum atomic E-state index is 11.8. The second-order valence-electron chi connectivity index (χ2n) is 4.18. The van der Waals surface area contributed by atoms with Gasteiger partial charge >= 0.3 is 0 Å². The number of hydrogen-bond acceptors (Lipinski definition) is 4. The molecule has 0 radical (unpaired) electrons. The number of ether oxygens (including phenoxy) is 2. The minimum atomic E-state index is -0.0740. The molecule has 1 aliphatic heterocycles. The normalized spacial score (nSPS) is 14.3. The molecule has 0 aliphatic carbocycles. The first-order valence-corrected chi connectivity index (χ1v) is 5.96. The molecular weight excluding hydrogens is 232 g/mol. The van der Waals surface area contributed by atoms with Crippen LogP contribution in [0.3, 0.4) is 0 Å². The third-order valence-electron chi connectivity index (χ3n) is 2.89. The standard InChI is InChI=1S/C13H18N2O3/c1-14-6-5-10-3-4-12-11(7-10)15(9-17-2)13(16)8-18-12/h3-4,7,14H,5-6,8-9H2,1-2H3. The highest BCUT2D eigenvalue weighted by Gasteiger charge is 2.25. The lowest BCUT2D eigenvalue weighted by Crippen LogP contribution is -2.40. The summed E-state index contributed by atoms with van der Waals surface area (Å²) in [6, 6.07) is 5.93. The molecule has 1 amide bonds. The third kappa shape index (κ3) is 2.63. The van der Waals surface area contributed by atoms with Crippen LogP contribution in [0.4, 0.5) is 5.69 Å². The Hall–Kier alpha value is -1.59. The van der Waals surface area contributed by atoms with Crippen molar-refractivity contribution in [1.82, 2.24) is 5.32 Å². The average molecular weight is 250 g/mol. The molecule has 18 heavy (non-hydrogen) atoms. The Bertz CT molecular complexity index is 434. The fourth-order valence-electron chi connectivity index (χ4n) is 1.94. The molecule has 1 N–H and O–H groups in total. The van der Waals surface area contributed by atoms with E-state index >= 15 is 0 Å². The van der Waals surface area contributed by atoms with E-state index in [0.717, 1.165) is 24.4 Å². The van der Waals surface area contributed by atoms with Crippen molar-refractivity contribution in [2.75, 3.05) is 38.9 Å². The van der Waals surface area contributed by atoms with Crippen molar-refractivity contribution >= 4 is 11.6 Å². The monoisotopic (exact) mass is 250 g/mol. The predicted molar refractivity (Wildman–Crippen MR) is 68.9 cm³/mol. The van der Waals surface area contributed by atoms with Crippen molar-refractivity contribution in [2.24, 2.45) is 0 Å². The Balaban J connectivity index is 2.26. The number of methoxy groups -OCH3 is 1. The molecule has 1 heterocycles. The lowest BCUT2D eigenvalue weighted by molar-refractivity contribution is -0.122. The molecule has 98 valence electrons. The van der Waals surface area contributed by atoms with Gasteiger partial charge in [0.2, 0.25) is 0 Å². The molecule has 0 saturated carbocycles. The van der Waals surface area contributed by atoms with Gasteiger partial charge in [-0.15, -0.1) is 0 Å². The number of anilines is 1. The number of benzene rings is 1. The van der Waals surface area contributed by atoms with E-state index in [9.17, 15) is 4.79 Å². The van der Waals surface area contributed by atoms with Gasteiger partial charge < -0.3 is 14.8 Å². The molecular formula is C13H18N2O3. The van der Waals surface area contributed by atoms with Crippen molar-refractivity contribution in [3.05, 3.63) is 23.8 Å². The molecule has 1 aromatic carbocycles. The fourth-order valence-corrected chi connectivity index (χ4v) is 1.94. The van der Waals surface area contributed by atoms with E-state index < -0.39 is 0 Å². The largest absolute Gasteiger partial charge is 0.482 e. The maximum Gasteiger partial charge on any atom is 0.266 e. The Morgan fingerprint density at radius 3 is 3.06 bits per heavy atom. The Morgan fingerprint density at radius 2 is 2.33 bits per heavy atom. The van der Waals surface area contributed by atoms with Gasteiger partial charge in [0.25, 0.3) is 5.91 Å². The minimum Gasteiger partial charge on any atom is -0.482 e. The van der Waals surface area contributed by atoms with Crippen LogP contribution in [0.1, 0.15) is 5.56 Å². The van der Waals surface area contributed by atoms with E-state index in [1.807, 2.05) is 25.2 Å². The number of fused-ring (bicyclic) bond motifs is 1. The fraction of sp³-hybridized carbons (Fsp3) is 0.462. The predicted octanol–water partition coefficient (Wildman–Crippen LogP) is 0.778. The van der Waals surface area contributed by atoms with E-state index in [2.05, 4.69) is 5.32 Å². The first kappa shape index (κ1) is 12.9. The molecule has 1 aliphatic rings.